The van der Waals surface area contributed by atoms with E-state index in [1.54, 1.807) is 19.5 Å². The number of pyridine rings is 1. The second-order valence-corrected chi connectivity index (χ2v) is 4.41. The zero-order chi connectivity index (χ0) is 13.0. The molecule has 0 atom stereocenters. The first-order valence-corrected chi connectivity index (χ1v) is 6.16. The van der Waals surface area contributed by atoms with Crippen LogP contribution in [0.15, 0.2) is 41.1 Å². The molecule has 4 nitrogen and oxygen atoms in total. The molecule has 0 amide bonds. The van der Waals surface area contributed by atoms with E-state index in [2.05, 4.69) is 26.2 Å². The lowest BCUT2D eigenvalue weighted by Crippen LogP contribution is -1.92. The Kier molecular flexibility index (Phi) is 4.04. The number of nitrogens with zero attached hydrogens (tertiary/aromatic N) is 1. The van der Waals surface area contributed by atoms with Crippen molar-refractivity contribution in [3.05, 3.63) is 41.1 Å². The van der Waals surface area contributed by atoms with Crippen LogP contribution in [-0.2, 0) is 0 Å². The fourth-order valence-electron chi connectivity index (χ4n) is 1.43. The summed E-state index contributed by atoms with van der Waals surface area (Å²) < 4.78 is 11.7. The fourth-order valence-corrected chi connectivity index (χ4v) is 1.87. The van der Waals surface area contributed by atoms with Crippen LogP contribution in [0.1, 0.15) is 0 Å². The Morgan fingerprint density at radius 3 is 2.67 bits per heavy atom. The van der Waals surface area contributed by atoms with Crippen molar-refractivity contribution in [2.45, 2.75) is 0 Å². The van der Waals surface area contributed by atoms with Crippen LogP contribution in [0.4, 0.5) is 5.69 Å². The number of hydrogen-bond acceptors (Lipinski definition) is 4. The highest BCUT2D eigenvalue weighted by Gasteiger charge is 2.05. The third-order valence-corrected chi connectivity index (χ3v) is 2.99. The summed E-state index contributed by atoms with van der Waals surface area (Å²) in [4.78, 5) is 4.09. The van der Waals surface area contributed by atoms with Gasteiger partial charge < -0.3 is 14.8 Å². The van der Waals surface area contributed by atoms with E-state index in [-0.39, 0.29) is 0 Å². The van der Waals surface area contributed by atoms with E-state index in [4.69, 9.17) is 9.47 Å². The van der Waals surface area contributed by atoms with Crippen molar-refractivity contribution in [1.29, 1.82) is 0 Å². The molecule has 0 saturated heterocycles. The molecule has 0 aliphatic rings. The lowest BCUT2D eigenvalue weighted by Gasteiger charge is -2.09. The Hall–Kier alpha value is -1.75. The van der Waals surface area contributed by atoms with Crippen LogP contribution >= 0.6 is 15.9 Å². The van der Waals surface area contributed by atoms with Gasteiger partial charge in [0.2, 0.25) is 0 Å². The Morgan fingerprint density at radius 1 is 1.17 bits per heavy atom. The normalized spacial score (nSPS) is 9.94. The Morgan fingerprint density at radius 2 is 2.00 bits per heavy atom. The van der Waals surface area contributed by atoms with Crippen molar-refractivity contribution < 1.29 is 9.47 Å². The molecule has 0 fully saturated rings. The van der Waals surface area contributed by atoms with E-state index in [0.717, 1.165) is 15.9 Å². The first-order chi connectivity index (χ1) is 8.72. The van der Waals surface area contributed by atoms with Gasteiger partial charge in [0.25, 0.3) is 0 Å². The number of halogens is 1. The van der Waals surface area contributed by atoms with Crippen LogP contribution in [0.2, 0.25) is 0 Å². The molecular formula is C13H13BrN2O2. The smallest absolute Gasteiger partial charge is 0.147 e. The van der Waals surface area contributed by atoms with Gasteiger partial charge in [0.1, 0.15) is 17.2 Å². The highest BCUT2D eigenvalue weighted by Crippen LogP contribution is 2.32. The summed E-state index contributed by atoms with van der Waals surface area (Å²) in [6, 6.07) is 7.42. The highest BCUT2D eigenvalue weighted by molar-refractivity contribution is 9.10. The second-order valence-electron chi connectivity index (χ2n) is 3.56. The SMILES string of the molecule is CNc1cncc(Oc2ccc(OC)cc2Br)c1. The minimum absolute atomic E-state index is 0.674. The molecule has 1 aromatic heterocycles. The zero-order valence-corrected chi connectivity index (χ0v) is 11.7. The summed E-state index contributed by atoms with van der Waals surface area (Å²) in [6.07, 6.45) is 3.40. The van der Waals surface area contributed by atoms with Crippen LogP contribution in [0.5, 0.6) is 17.2 Å². The van der Waals surface area contributed by atoms with Gasteiger partial charge in [-0.3, -0.25) is 4.98 Å². The molecule has 0 aliphatic heterocycles. The summed E-state index contributed by atoms with van der Waals surface area (Å²) >= 11 is 3.44. The predicted molar refractivity (Wildman–Crippen MR) is 74.6 cm³/mol. The quantitative estimate of drug-likeness (QED) is 0.935. The molecule has 1 heterocycles. The number of aromatic nitrogens is 1. The van der Waals surface area contributed by atoms with Crippen LogP contribution in [0.3, 0.4) is 0 Å². The standard InChI is InChI=1S/C13H13BrN2O2/c1-15-9-5-11(8-16-7-9)18-13-4-3-10(17-2)6-12(13)14/h3-8,15H,1-2H3. The van der Waals surface area contributed by atoms with Gasteiger partial charge in [0.15, 0.2) is 0 Å². The lowest BCUT2D eigenvalue weighted by molar-refractivity contribution is 0.412. The molecule has 1 aromatic carbocycles. The van der Waals surface area contributed by atoms with Crippen molar-refractivity contribution >= 4 is 21.6 Å². The number of anilines is 1. The summed E-state index contributed by atoms with van der Waals surface area (Å²) in [5, 5.41) is 3.01. The van der Waals surface area contributed by atoms with E-state index in [1.165, 1.54) is 0 Å². The van der Waals surface area contributed by atoms with E-state index >= 15 is 0 Å². The van der Waals surface area contributed by atoms with E-state index in [9.17, 15) is 0 Å². The number of hydrogen-bond donors (Lipinski definition) is 1. The Bertz CT molecular complexity index is 546. The lowest BCUT2D eigenvalue weighted by atomic mass is 10.3. The van der Waals surface area contributed by atoms with Gasteiger partial charge in [0, 0.05) is 13.1 Å². The van der Waals surface area contributed by atoms with Crippen LogP contribution in [0.25, 0.3) is 0 Å². The molecule has 1 N–H and O–H groups in total. The maximum Gasteiger partial charge on any atom is 0.147 e. The van der Waals surface area contributed by atoms with Crippen LogP contribution < -0.4 is 14.8 Å². The minimum Gasteiger partial charge on any atom is -0.497 e. The van der Waals surface area contributed by atoms with Crippen molar-refractivity contribution in [2.24, 2.45) is 0 Å². The summed E-state index contributed by atoms with van der Waals surface area (Å²) in [6.45, 7) is 0. The maximum atomic E-state index is 5.75. The second kappa shape index (κ2) is 5.73. The molecule has 0 unspecified atom stereocenters. The summed E-state index contributed by atoms with van der Waals surface area (Å²) in [7, 11) is 3.46. The Balaban J connectivity index is 2.22. The molecule has 0 spiro atoms. The van der Waals surface area contributed by atoms with Gasteiger partial charge >= 0.3 is 0 Å². The number of ether oxygens (including phenoxy) is 2. The van der Waals surface area contributed by atoms with Crippen LogP contribution in [0, 0.1) is 0 Å². The first kappa shape index (κ1) is 12.7. The van der Waals surface area contributed by atoms with Gasteiger partial charge in [-0.05, 0) is 34.1 Å². The molecule has 2 rings (SSSR count). The fraction of sp³-hybridized carbons (Fsp3) is 0.154. The monoisotopic (exact) mass is 308 g/mol. The average molecular weight is 309 g/mol. The van der Waals surface area contributed by atoms with Gasteiger partial charge in [-0.2, -0.15) is 0 Å². The highest BCUT2D eigenvalue weighted by atomic mass is 79.9. The average Bonchev–Trinajstić information content (AvgIpc) is 2.41. The Labute approximate surface area is 114 Å². The molecule has 94 valence electrons. The van der Waals surface area contributed by atoms with Crippen molar-refractivity contribution in [3.63, 3.8) is 0 Å². The number of nitrogens with one attached hydrogen (secondary N) is 1. The van der Waals surface area contributed by atoms with E-state index in [0.29, 0.717) is 11.5 Å². The predicted octanol–water partition coefficient (Wildman–Crippen LogP) is 3.69. The molecule has 0 bridgehead atoms. The zero-order valence-electron chi connectivity index (χ0n) is 10.1. The molecule has 2 aromatic rings. The molecular weight excluding hydrogens is 296 g/mol. The number of methoxy groups -OCH3 is 1. The topological polar surface area (TPSA) is 43.4 Å². The van der Waals surface area contributed by atoms with Crippen LogP contribution in [-0.4, -0.2) is 19.1 Å². The minimum atomic E-state index is 0.674. The van der Waals surface area contributed by atoms with E-state index in [1.807, 2.05) is 31.3 Å². The first-order valence-electron chi connectivity index (χ1n) is 5.37. The summed E-state index contributed by atoms with van der Waals surface area (Å²) in [5.41, 5.74) is 0.900. The van der Waals surface area contributed by atoms with E-state index < -0.39 is 0 Å². The number of benzene rings is 1. The van der Waals surface area contributed by atoms with Gasteiger partial charge in [0.05, 0.1) is 29.7 Å². The van der Waals surface area contributed by atoms with Crippen molar-refractivity contribution in [1.82, 2.24) is 4.98 Å². The molecule has 5 heteroatoms. The molecule has 18 heavy (non-hydrogen) atoms. The molecule has 0 saturated carbocycles. The number of rotatable bonds is 4. The van der Waals surface area contributed by atoms with Crippen molar-refractivity contribution in [2.75, 3.05) is 19.5 Å². The van der Waals surface area contributed by atoms with Crippen molar-refractivity contribution in [3.8, 4) is 17.2 Å². The molecule has 0 aliphatic carbocycles. The largest absolute Gasteiger partial charge is 0.497 e. The molecule has 0 radical (unpaired) electrons. The van der Waals surface area contributed by atoms with Gasteiger partial charge in [-0.1, -0.05) is 0 Å². The van der Waals surface area contributed by atoms with Gasteiger partial charge in [-0.25, -0.2) is 0 Å². The third-order valence-electron chi connectivity index (χ3n) is 2.37. The third kappa shape index (κ3) is 2.92. The maximum absolute atomic E-state index is 5.75. The van der Waals surface area contributed by atoms with Gasteiger partial charge in [-0.15, -0.1) is 0 Å². The summed E-state index contributed by atoms with van der Waals surface area (Å²) in [5.74, 6) is 2.16.